The highest BCUT2D eigenvalue weighted by molar-refractivity contribution is 6.12. The van der Waals surface area contributed by atoms with Gasteiger partial charge in [-0.05, 0) is 53.6 Å². The number of carbonyl (C=O) groups is 2. The summed E-state index contributed by atoms with van der Waals surface area (Å²) in [6.07, 6.45) is 2.29. The van der Waals surface area contributed by atoms with Crippen molar-refractivity contribution >= 4 is 17.6 Å². The first-order valence-corrected chi connectivity index (χ1v) is 14.1. The molecule has 0 aromatic heterocycles. The molecule has 9 nitrogen and oxygen atoms in total. The van der Waals surface area contributed by atoms with Gasteiger partial charge in [-0.1, -0.05) is 30.3 Å². The van der Waals surface area contributed by atoms with Crippen molar-refractivity contribution in [3.05, 3.63) is 107 Å². The molecule has 2 unspecified atom stereocenters. The standard InChI is InChI=1S/C36H34O9/c1-39-23-12-7-21(8-13-23)9-18-27(37)31-29(42-4)20-30(43-5)32(36(31)44-6)33-34(38)26-17-16-25(41-3)19-28(26)45-35(33)22-10-14-24(40-2)15-11-22/h7-20,33,35H,1-6H3. The number of benzene rings is 4. The molecule has 0 N–H and O–H groups in total. The van der Waals surface area contributed by atoms with Crippen LogP contribution in [0.25, 0.3) is 6.08 Å². The Labute approximate surface area is 261 Å². The predicted molar refractivity (Wildman–Crippen MR) is 169 cm³/mol. The number of ether oxygens (including phenoxy) is 7. The zero-order chi connectivity index (χ0) is 32.1. The fourth-order valence-corrected chi connectivity index (χ4v) is 5.44. The lowest BCUT2D eigenvalue weighted by Gasteiger charge is -2.35. The van der Waals surface area contributed by atoms with E-state index in [9.17, 15) is 9.59 Å². The molecular formula is C36H34O9. The van der Waals surface area contributed by atoms with Crippen LogP contribution in [0.3, 0.4) is 0 Å². The quantitative estimate of drug-likeness (QED) is 0.135. The van der Waals surface area contributed by atoms with Crippen LogP contribution in [0.15, 0.2) is 78.9 Å². The minimum Gasteiger partial charge on any atom is -0.497 e. The molecule has 0 saturated carbocycles. The Bertz CT molecular complexity index is 1720. The van der Waals surface area contributed by atoms with Gasteiger partial charge in [-0.3, -0.25) is 9.59 Å². The van der Waals surface area contributed by atoms with E-state index in [1.165, 1.54) is 27.4 Å². The second-order valence-corrected chi connectivity index (χ2v) is 10.1. The molecule has 0 saturated heterocycles. The smallest absolute Gasteiger partial charge is 0.193 e. The lowest BCUT2D eigenvalue weighted by atomic mass is 9.79. The molecule has 1 aliphatic rings. The monoisotopic (exact) mass is 610 g/mol. The van der Waals surface area contributed by atoms with Gasteiger partial charge in [0, 0.05) is 12.1 Å². The van der Waals surface area contributed by atoms with Crippen LogP contribution in [0.5, 0.6) is 40.2 Å². The van der Waals surface area contributed by atoms with E-state index in [2.05, 4.69) is 0 Å². The molecular weight excluding hydrogens is 576 g/mol. The topological polar surface area (TPSA) is 98.8 Å². The van der Waals surface area contributed by atoms with Gasteiger partial charge in [0.05, 0.1) is 59.7 Å². The van der Waals surface area contributed by atoms with E-state index in [1.807, 2.05) is 24.3 Å². The van der Waals surface area contributed by atoms with Gasteiger partial charge in [-0.15, -0.1) is 0 Å². The first-order chi connectivity index (χ1) is 21.9. The Kier molecular flexibility index (Phi) is 9.28. The molecule has 1 aliphatic heterocycles. The van der Waals surface area contributed by atoms with Crippen molar-refractivity contribution < 1.29 is 42.7 Å². The molecule has 4 aromatic rings. The molecule has 5 rings (SSSR count). The second kappa shape index (κ2) is 13.5. The van der Waals surface area contributed by atoms with Gasteiger partial charge in [-0.25, -0.2) is 0 Å². The zero-order valence-corrected chi connectivity index (χ0v) is 25.9. The Morgan fingerprint density at radius 1 is 0.689 bits per heavy atom. The maximum absolute atomic E-state index is 14.5. The molecule has 0 bridgehead atoms. The van der Waals surface area contributed by atoms with Gasteiger partial charge in [0.2, 0.25) is 0 Å². The highest BCUT2D eigenvalue weighted by Gasteiger charge is 2.44. The summed E-state index contributed by atoms with van der Waals surface area (Å²) in [4.78, 5) is 28.3. The van der Waals surface area contributed by atoms with E-state index in [1.54, 1.807) is 75.9 Å². The van der Waals surface area contributed by atoms with Gasteiger partial charge >= 0.3 is 0 Å². The number of fused-ring (bicyclic) bond motifs is 1. The van der Waals surface area contributed by atoms with Crippen LogP contribution >= 0.6 is 0 Å². The summed E-state index contributed by atoms with van der Waals surface area (Å²) in [5.41, 5.74) is 2.35. The normalized spacial score (nSPS) is 15.6. The summed E-state index contributed by atoms with van der Waals surface area (Å²) < 4.78 is 39.9. The fraction of sp³-hybridized carbons (Fsp3) is 0.222. The Hall–Kier alpha value is -5.44. The van der Waals surface area contributed by atoms with Crippen molar-refractivity contribution in [2.75, 3.05) is 42.7 Å². The summed E-state index contributed by atoms with van der Waals surface area (Å²) in [5.74, 6) is 1.35. The number of methoxy groups -OCH3 is 6. The van der Waals surface area contributed by atoms with Crippen LogP contribution in [-0.2, 0) is 0 Å². The third-order valence-electron chi connectivity index (χ3n) is 7.73. The lowest BCUT2D eigenvalue weighted by molar-refractivity contribution is 0.0772. The van der Waals surface area contributed by atoms with E-state index in [-0.39, 0.29) is 22.8 Å². The summed E-state index contributed by atoms with van der Waals surface area (Å²) in [6, 6.07) is 21.2. The zero-order valence-electron chi connectivity index (χ0n) is 25.9. The SMILES string of the molecule is COc1ccc(C=CC(=O)c2c(OC)cc(OC)c(C3C(=O)c4ccc(OC)cc4OC3c3ccc(OC)cc3)c2OC)cc1. The molecule has 0 amide bonds. The number of Topliss-reactive ketones (excluding diaryl/α,β-unsaturated/α-hetero) is 1. The number of carbonyl (C=O) groups excluding carboxylic acids is 2. The number of ketones is 2. The number of hydrogen-bond acceptors (Lipinski definition) is 9. The van der Waals surface area contributed by atoms with E-state index >= 15 is 0 Å². The summed E-state index contributed by atoms with van der Waals surface area (Å²) in [7, 11) is 9.09. The molecule has 4 aromatic carbocycles. The second-order valence-electron chi connectivity index (χ2n) is 10.1. The van der Waals surface area contributed by atoms with E-state index in [0.717, 1.165) is 5.56 Å². The molecule has 0 fully saturated rings. The number of hydrogen-bond donors (Lipinski definition) is 0. The van der Waals surface area contributed by atoms with Crippen LogP contribution in [0.1, 0.15) is 49.4 Å². The fourth-order valence-electron chi connectivity index (χ4n) is 5.44. The Morgan fingerprint density at radius 3 is 1.87 bits per heavy atom. The van der Waals surface area contributed by atoms with E-state index in [0.29, 0.717) is 45.4 Å². The minimum atomic E-state index is -0.966. The van der Waals surface area contributed by atoms with Crippen molar-refractivity contribution in [2.45, 2.75) is 12.0 Å². The molecule has 0 radical (unpaired) electrons. The van der Waals surface area contributed by atoms with Crippen molar-refractivity contribution in [2.24, 2.45) is 0 Å². The van der Waals surface area contributed by atoms with Gasteiger partial charge < -0.3 is 33.2 Å². The van der Waals surface area contributed by atoms with Crippen molar-refractivity contribution in [3.8, 4) is 40.2 Å². The highest BCUT2D eigenvalue weighted by Crippen LogP contribution is 2.52. The largest absolute Gasteiger partial charge is 0.497 e. The average molecular weight is 611 g/mol. The highest BCUT2D eigenvalue weighted by atomic mass is 16.5. The first-order valence-electron chi connectivity index (χ1n) is 14.1. The summed E-state index contributed by atoms with van der Waals surface area (Å²) >= 11 is 0. The van der Waals surface area contributed by atoms with Gasteiger partial charge in [0.1, 0.15) is 51.9 Å². The summed E-state index contributed by atoms with van der Waals surface area (Å²) in [6.45, 7) is 0. The van der Waals surface area contributed by atoms with Crippen molar-refractivity contribution in [1.82, 2.24) is 0 Å². The van der Waals surface area contributed by atoms with E-state index in [4.69, 9.17) is 33.2 Å². The maximum Gasteiger partial charge on any atom is 0.193 e. The van der Waals surface area contributed by atoms with Gasteiger partial charge in [0.15, 0.2) is 11.6 Å². The van der Waals surface area contributed by atoms with Crippen molar-refractivity contribution in [3.63, 3.8) is 0 Å². The van der Waals surface area contributed by atoms with Gasteiger partial charge in [-0.2, -0.15) is 0 Å². The third kappa shape index (κ3) is 6.02. The number of allylic oxidation sites excluding steroid dienone is 1. The third-order valence-corrected chi connectivity index (χ3v) is 7.73. The van der Waals surface area contributed by atoms with Crippen LogP contribution < -0.4 is 33.2 Å². The maximum atomic E-state index is 14.5. The van der Waals surface area contributed by atoms with E-state index < -0.39 is 17.8 Å². The Balaban J connectivity index is 1.69. The van der Waals surface area contributed by atoms with Crippen LogP contribution in [-0.4, -0.2) is 54.2 Å². The molecule has 45 heavy (non-hydrogen) atoms. The van der Waals surface area contributed by atoms with Crippen LogP contribution in [0, 0.1) is 0 Å². The molecule has 0 spiro atoms. The molecule has 9 heteroatoms. The van der Waals surface area contributed by atoms with Crippen LogP contribution in [0.4, 0.5) is 0 Å². The minimum absolute atomic E-state index is 0.141. The van der Waals surface area contributed by atoms with Crippen molar-refractivity contribution in [1.29, 1.82) is 0 Å². The summed E-state index contributed by atoms with van der Waals surface area (Å²) in [5, 5.41) is 0. The molecule has 2 atom stereocenters. The molecule has 232 valence electrons. The van der Waals surface area contributed by atoms with Gasteiger partial charge in [0.25, 0.3) is 0 Å². The lowest BCUT2D eigenvalue weighted by Crippen LogP contribution is -2.31. The first kappa shape index (κ1) is 31.0. The van der Waals surface area contributed by atoms with Crippen LogP contribution in [0.2, 0.25) is 0 Å². The Morgan fingerprint density at radius 2 is 1.29 bits per heavy atom. The molecule has 1 heterocycles. The average Bonchev–Trinajstić information content (AvgIpc) is 3.09. The number of rotatable bonds is 11. The molecule has 0 aliphatic carbocycles. The predicted octanol–water partition coefficient (Wildman–Crippen LogP) is 6.73.